The van der Waals surface area contributed by atoms with Gasteiger partial charge in [0.1, 0.15) is 0 Å². The van der Waals surface area contributed by atoms with Gasteiger partial charge in [0.2, 0.25) is 11.8 Å². The minimum Gasteiger partial charge on any atom is -0.283 e. The van der Waals surface area contributed by atoms with E-state index in [0.717, 1.165) is 5.69 Å². The van der Waals surface area contributed by atoms with Gasteiger partial charge >= 0.3 is 0 Å². The maximum Gasteiger partial charge on any atom is 0.233 e. The third kappa shape index (κ3) is 5.39. The first-order valence-corrected chi connectivity index (χ1v) is 9.36. The highest BCUT2D eigenvalue weighted by atomic mass is 16.2. The molecular formula is C20H36N4O2. The Morgan fingerprint density at radius 3 is 1.81 bits per heavy atom. The zero-order chi connectivity index (χ0) is 20.5. The zero-order valence-electron chi connectivity index (χ0n) is 18.2. The van der Waals surface area contributed by atoms with E-state index in [4.69, 9.17) is 0 Å². The monoisotopic (exact) mass is 364 g/mol. The number of amides is 2. The minimum absolute atomic E-state index is 0.000000000000000444. The first kappa shape index (κ1) is 22.3. The molecular weight excluding hydrogens is 328 g/mol. The van der Waals surface area contributed by atoms with E-state index in [1.807, 2.05) is 38.6 Å². The maximum absolute atomic E-state index is 11.7. The van der Waals surface area contributed by atoms with E-state index in [2.05, 4.69) is 51.9 Å². The molecule has 1 aliphatic heterocycles. The normalized spacial score (nSPS) is 18.8. The molecule has 148 valence electrons. The number of hydrogen-bond donors (Lipinski definition) is 0. The predicted octanol–water partition coefficient (Wildman–Crippen LogP) is 3.76. The third-order valence-corrected chi connectivity index (χ3v) is 4.55. The summed E-state index contributed by atoms with van der Waals surface area (Å²) in [4.78, 5) is 24.4. The predicted molar refractivity (Wildman–Crippen MR) is 104 cm³/mol. The van der Waals surface area contributed by atoms with Crippen molar-refractivity contribution in [3.8, 4) is 0 Å². The molecule has 1 aromatic rings. The Kier molecular flexibility index (Phi) is 6.43. The van der Waals surface area contributed by atoms with E-state index in [1.165, 1.54) is 4.90 Å². The molecule has 0 radical (unpaired) electrons. The summed E-state index contributed by atoms with van der Waals surface area (Å²) in [5.41, 5.74) is 1.05. The number of carbonyl (C=O) groups excluding carboxylic acids is 2. The van der Waals surface area contributed by atoms with Crippen LogP contribution in [0.25, 0.3) is 0 Å². The first-order chi connectivity index (χ1) is 11.6. The van der Waals surface area contributed by atoms with Gasteiger partial charge in [-0.2, -0.15) is 0 Å². The van der Waals surface area contributed by atoms with E-state index in [-0.39, 0.29) is 34.1 Å². The second-order valence-electron chi connectivity index (χ2n) is 10.1. The largest absolute Gasteiger partial charge is 0.283 e. The number of hydrogen-bond acceptors (Lipinski definition) is 4. The van der Waals surface area contributed by atoms with Gasteiger partial charge in [-0.1, -0.05) is 46.8 Å². The molecule has 2 rings (SSSR count). The standard InChI is InChI=1S/C10H19N3.C10H17NO2/c1-9(2,3)8-7-13(12-11-8)10(4,5)6;1-5-11-8(12)6-7(9(11)13)10(2,3)4/h7H,1-6H3;7H,5-6H2,1-4H3. The van der Waals surface area contributed by atoms with Crippen LogP contribution in [-0.2, 0) is 20.5 Å². The van der Waals surface area contributed by atoms with Crippen molar-refractivity contribution >= 4 is 11.8 Å². The molecule has 0 aliphatic carbocycles. The van der Waals surface area contributed by atoms with Crippen LogP contribution in [0.2, 0.25) is 0 Å². The second kappa shape index (κ2) is 7.49. The molecule has 2 heterocycles. The van der Waals surface area contributed by atoms with Gasteiger partial charge in [-0.25, -0.2) is 4.68 Å². The highest BCUT2D eigenvalue weighted by Gasteiger charge is 2.43. The Bertz CT molecular complexity index is 613. The Morgan fingerprint density at radius 1 is 1.04 bits per heavy atom. The van der Waals surface area contributed by atoms with Crippen molar-refractivity contribution in [3.63, 3.8) is 0 Å². The summed E-state index contributed by atoms with van der Waals surface area (Å²) in [6.45, 7) is 21.1. The Hall–Kier alpha value is -1.72. The van der Waals surface area contributed by atoms with Crippen LogP contribution in [0.1, 0.15) is 81.4 Å². The van der Waals surface area contributed by atoms with E-state index in [9.17, 15) is 9.59 Å². The minimum atomic E-state index is -0.125. The number of rotatable bonds is 1. The van der Waals surface area contributed by atoms with Gasteiger partial charge in [-0.05, 0) is 33.1 Å². The fourth-order valence-electron chi connectivity index (χ4n) is 2.63. The molecule has 6 nitrogen and oxygen atoms in total. The molecule has 0 spiro atoms. The molecule has 6 heteroatoms. The molecule has 1 saturated heterocycles. The summed E-state index contributed by atoms with van der Waals surface area (Å²) < 4.78 is 1.91. The van der Waals surface area contributed by atoms with Crippen LogP contribution in [0, 0.1) is 11.3 Å². The third-order valence-electron chi connectivity index (χ3n) is 4.55. The quantitative estimate of drug-likeness (QED) is 0.712. The zero-order valence-corrected chi connectivity index (χ0v) is 18.2. The second-order valence-corrected chi connectivity index (χ2v) is 10.1. The van der Waals surface area contributed by atoms with Gasteiger partial charge in [-0.15, -0.1) is 5.10 Å². The molecule has 1 aromatic heterocycles. The van der Waals surface area contributed by atoms with Crippen molar-refractivity contribution in [1.29, 1.82) is 0 Å². The maximum atomic E-state index is 11.7. The van der Waals surface area contributed by atoms with Gasteiger partial charge in [0, 0.05) is 24.6 Å². The molecule has 1 unspecified atom stereocenters. The first-order valence-electron chi connectivity index (χ1n) is 9.36. The summed E-state index contributed by atoms with van der Waals surface area (Å²) in [6, 6.07) is 0. The summed E-state index contributed by atoms with van der Waals surface area (Å²) >= 11 is 0. The van der Waals surface area contributed by atoms with Gasteiger partial charge in [0.05, 0.1) is 17.2 Å². The summed E-state index contributed by atoms with van der Waals surface area (Å²) in [5, 5.41) is 8.29. The van der Waals surface area contributed by atoms with Crippen molar-refractivity contribution in [2.45, 2.75) is 86.6 Å². The molecule has 1 aliphatic rings. The molecule has 0 N–H and O–H groups in total. The lowest BCUT2D eigenvalue weighted by Crippen LogP contribution is -2.33. The number of carbonyl (C=O) groups is 2. The van der Waals surface area contributed by atoms with Crippen molar-refractivity contribution in [2.75, 3.05) is 6.54 Å². The van der Waals surface area contributed by atoms with Crippen LogP contribution in [0.5, 0.6) is 0 Å². The number of nitrogens with zero attached hydrogens (tertiary/aromatic N) is 4. The van der Waals surface area contributed by atoms with Crippen LogP contribution < -0.4 is 0 Å². The molecule has 0 saturated carbocycles. The van der Waals surface area contributed by atoms with Gasteiger partial charge in [0.25, 0.3) is 0 Å². The lowest BCUT2D eigenvalue weighted by molar-refractivity contribution is -0.140. The van der Waals surface area contributed by atoms with Crippen LogP contribution in [-0.4, -0.2) is 38.3 Å². The lowest BCUT2D eigenvalue weighted by Gasteiger charge is -2.24. The SMILES string of the molecule is CC(C)(C)c1cn(C(C)(C)C)nn1.CCN1C(=O)CC(C(C)(C)C)C1=O. The van der Waals surface area contributed by atoms with Crippen LogP contribution >= 0.6 is 0 Å². The van der Waals surface area contributed by atoms with Gasteiger partial charge < -0.3 is 0 Å². The summed E-state index contributed by atoms with van der Waals surface area (Å²) in [6.07, 6.45) is 2.41. The summed E-state index contributed by atoms with van der Waals surface area (Å²) in [5.74, 6) is -0.146. The van der Waals surface area contributed by atoms with Crippen molar-refractivity contribution in [1.82, 2.24) is 19.9 Å². The fraction of sp³-hybridized carbons (Fsp3) is 0.800. The van der Waals surface area contributed by atoms with Gasteiger partial charge in [0.15, 0.2) is 0 Å². The Morgan fingerprint density at radius 2 is 1.58 bits per heavy atom. The van der Waals surface area contributed by atoms with Crippen molar-refractivity contribution in [3.05, 3.63) is 11.9 Å². The van der Waals surface area contributed by atoms with Crippen LogP contribution in [0.4, 0.5) is 0 Å². The van der Waals surface area contributed by atoms with Gasteiger partial charge in [-0.3, -0.25) is 14.5 Å². The Balaban J connectivity index is 0.000000260. The van der Waals surface area contributed by atoms with E-state index >= 15 is 0 Å². The highest BCUT2D eigenvalue weighted by Crippen LogP contribution is 2.35. The molecule has 26 heavy (non-hydrogen) atoms. The van der Waals surface area contributed by atoms with Crippen LogP contribution in [0.3, 0.4) is 0 Å². The smallest absolute Gasteiger partial charge is 0.233 e. The number of likely N-dealkylation sites (tertiary alicyclic amines) is 1. The van der Waals surface area contributed by atoms with Crippen LogP contribution in [0.15, 0.2) is 6.20 Å². The Labute approximate surface area is 158 Å². The molecule has 2 amide bonds. The molecule has 1 fully saturated rings. The highest BCUT2D eigenvalue weighted by molar-refractivity contribution is 6.03. The number of aromatic nitrogens is 3. The fourth-order valence-corrected chi connectivity index (χ4v) is 2.63. The van der Waals surface area contributed by atoms with E-state index < -0.39 is 0 Å². The molecule has 1 atom stereocenters. The molecule has 0 bridgehead atoms. The topological polar surface area (TPSA) is 68.1 Å². The average molecular weight is 365 g/mol. The lowest BCUT2D eigenvalue weighted by atomic mass is 9.80. The average Bonchev–Trinajstić information content (AvgIpc) is 3.03. The van der Waals surface area contributed by atoms with E-state index in [0.29, 0.717) is 13.0 Å². The summed E-state index contributed by atoms with van der Waals surface area (Å²) in [7, 11) is 0. The number of imide groups is 1. The van der Waals surface area contributed by atoms with Crippen molar-refractivity contribution < 1.29 is 9.59 Å². The molecule has 0 aromatic carbocycles. The van der Waals surface area contributed by atoms with E-state index in [1.54, 1.807) is 0 Å². The van der Waals surface area contributed by atoms with Crippen molar-refractivity contribution in [2.24, 2.45) is 11.3 Å².